The Balaban J connectivity index is 2.16. The molecule has 0 radical (unpaired) electrons. The van der Waals surface area contributed by atoms with Crippen LogP contribution in [0.1, 0.15) is 24.5 Å². The third-order valence-corrected chi connectivity index (χ3v) is 3.70. The van der Waals surface area contributed by atoms with Crippen molar-refractivity contribution < 1.29 is 4.42 Å². The molecule has 112 valence electrons. The minimum absolute atomic E-state index is 0.293. The van der Waals surface area contributed by atoms with Crippen molar-refractivity contribution in [1.82, 2.24) is 0 Å². The summed E-state index contributed by atoms with van der Waals surface area (Å²) in [6.45, 7) is 2.83. The van der Waals surface area contributed by atoms with Crippen molar-refractivity contribution in [2.75, 3.05) is 11.9 Å². The summed E-state index contributed by atoms with van der Waals surface area (Å²) < 4.78 is 5.45. The molecular formula is C19H19NO2. The van der Waals surface area contributed by atoms with E-state index in [1.54, 1.807) is 0 Å². The first-order valence-electron chi connectivity index (χ1n) is 7.62. The van der Waals surface area contributed by atoms with Crippen LogP contribution in [0.15, 0.2) is 63.8 Å². The Kier molecular flexibility index (Phi) is 4.24. The number of hydrogen-bond donors (Lipinski definition) is 1. The second kappa shape index (κ2) is 6.48. The van der Waals surface area contributed by atoms with Gasteiger partial charge in [-0.25, -0.2) is 4.79 Å². The molecule has 3 aromatic rings. The highest BCUT2D eigenvalue weighted by Gasteiger charge is 2.14. The van der Waals surface area contributed by atoms with Crippen molar-refractivity contribution in [1.29, 1.82) is 0 Å². The van der Waals surface area contributed by atoms with Crippen LogP contribution in [0.25, 0.3) is 11.0 Å². The molecule has 1 heterocycles. The van der Waals surface area contributed by atoms with E-state index in [9.17, 15) is 4.79 Å². The van der Waals surface area contributed by atoms with E-state index >= 15 is 0 Å². The largest absolute Gasteiger partial charge is 0.421 e. The van der Waals surface area contributed by atoms with Crippen molar-refractivity contribution in [2.45, 2.75) is 19.8 Å². The molecule has 0 aliphatic rings. The zero-order valence-electron chi connectivity index (χ0n) is 12.6. The third kappa shape index (κ3) is 2.89. The Labute approximate surface area is 129 Å². The number of benzene rings is 2. The third-order valence-electron chi connectivity index (χ3n) is 3.70. The summed E-state index contributed by atoms with van der Waals surface area (Å²) in [7, 11) is 0. The number of fused-ring (bicyclic) bond motifs is 1. The van der Waals surface area contributed by atoms with E-state index in [0.29, 0.717) is 17.7 Å². The summed E-state index contributed by atoms with van der Waals surface area (Å²) in [5, 5.41) is 4.23. The molecule has 3 nitrogen and oxygen atoms in total. The monoisotopic (exact) mass is 293 g/mol. The standard InChI is InChI=1S/C19H19NO2/c1-2-12-20-18-16(13-14-8-4-3-5-9-14)15-10-6-7-11-17(15)22-19(18)21/h3-11,20H,2,12-13H2,1H3. The van der Waals surface area contributed by atoms with Crippen LogP contribution in [-0.2, 0) is 6.42 Å². The van der Waals surface area contributed by atoms with Crippen LogP contribution >= 0.6 is 0 Å². The Hall–Kier alpha value is -2.55. The Morgan fingerprint density at radius 2 is 1.73 bits per heavy atom. The van der Waals surface area contributed by atoms with Gasteiger partial charge in [-0.2, -0.15) is 0 Å². The summed E-state index contributed by atoms with van der Waals surface area (Å²) in [5.74, 6) is 0. The molecule has 0 saturated heterocycles. The molecule has 0 fully saturated rings. The number of hydrogen-bond acceptors (Lipinski definition) is 3. The maximum atomic E-state index is 12.3. The van der Waals surface area contributed by atoms with Gasteiger partial charge in [0.1, 0.15) is 11.3 Å². The lowest BCUT2D eigenvalue weighted by Crippen LogP contribution is -2.15. The van der Waals surface area contributed by atoms with Crippen LogP contribution in [0.5, 0.6) is 0 Å². The van der Waals surface area contributed by atoms with E-state index in [0.717, 1.165) is 23.9 Å². The van der Waals surface area contributed by atoms with E-state index in [4.69, 9.17) is 4.42 Å². The minimum Gasteiger partial charge on any atom is -0.421 e. The predicted molar refractivity (Wildman–Crippen MR) is 90.5 cm³/mol. The van der Waals surface area contributed by atoms with Gasteiger partial charge in [-0.1, -0.05) is 55.5 Å². The van der Waals surface area contributed by atoms with Crippen LogP contribution in [0.3, 0.4) is 0 Å². The van der Waals surface area contributed by atoms with Crippen molar-refractivity contribution in [3.8, 4) is 0 Å². The SMILES string of the molecule is CCCNc1c(Cc2ccccc2)c2ccccc2oc1=O. The van der Waals surface area contributed by atoms with Gasteiger partial charge in [0.15, 0.2) is 0 Å². The molecule has 3 heteroatoms. The Morgan fingerprint density at radius 1 is 1.00 bits per heavy atom. The zero-order chi connectivity index (χ0) is 15.4. The molecular weight excluding hydrogens is 274 g/mol. The van der Waals surface area contributed by atoms with E-state index in [1.807, 2.05) is 42.5 Å². The minimum atomic E-state index is -0.293. The zero-order valence-corrected chi connectivity index (χ0v) is 12.6. The first kappa shape index (κ1) is 14.4. The maximum absolute atomic E-state index is 12.3. The molecule has 0 atom stereocenters. The molecule has 0 aliphatic carbocycles. The van der Waals surface area contributed by atoms with Gasteiger partial charge >= 0.3 is 5.63 Å². The van der Waals surface area contributed by atoms with Crippen molar-refractivity contribution >= 4 is 16.7 Å². The summed E-state index contributed by atoms with van der Waals surface area (Å²) in [4.78, 5) is 12.3. The summed E-state index contributed by atoms with van der Waals surface area (Å²) in [6, 6.07) is 17.9. The summed E-state index contributed by atoms with van der Waals surface area (Å²) >= 11 is 0. The van der Waals surface area contributed by atoms with E-state index in [1.165, 1.54) is 5.56 Å². The average Bonchev–Trinajstić information content (AvgIpc) is 2.55. The fourth-order valence-corrected chi connectivity index (χ4v) is 2.63. The molecule has 1 N–H and O–H groups in total. The van der Waals surface area contributed by atoms with Crippen LogP contribution in [0.4, 0.5) is 5.69 Å². The first-order chi connectivity index (χ1) is 10.8. The highest BCUT2D eigenvalue weighted by molar-refractivity contribution is 5.85. The molecule has 0 amide bonds. The van der Waals surface area contributed by atoms with E-state index in [-0.39, 0.29) is 5.63 Å². The van der Waals surface area contributed by atoms with Gasteiger partial charge in [0.25, 0.3) is 0 Å². The van der Waals surface area contributed by atoms with Crippen LogP contribution in [0.2, 0.25) is 0 Å². The second-order valence-electron chi connectivity index (χ2n) is 5.33. The second-order valence-corrected chi connectivity index (χ2v) is 5.33. The topological polar surface area (TPSA) is 42.2 Å². The lowest BCUT2D eigenvalue weighted by molar-refractivity contribution is 0.561. The van der Waals surface area contributed by atoms with Crippen molar-refractivity contribution in [2.24, 2.45) is 0 Å². The molecule has 3 rings (SSSR count). The van der Waals surface area contributed by atoms with Gasteiger partial charge in [0.2, 0.25) is 0 Å². The van der Waals surface area contributed by atoms with Gasteiger partial charge < -0.3 is 9.73 Å². The van der Waals surface area contributed by atoms with Gasteiger partial charge in [-0.05, 0) is 23.6 Å². The van der Waals surface area contributed by atoms with Crippen LogP contribution in [0, 0.1) is 0 Å². The predicted octanol–water partition coefficient (Wildman–Crippen LogP) is 4.21. The molecule has 0 spiro atoms. The summed E-state index contributed by atoms with van der Waals surface area (Å²) in [5.41, 5.74) is 3.12. The Bertz CT molecular complexity index is 822. The smallest absolute Gasteiger partial charge is 0.360 e. The maximum Gasteiger partial charge on any atom is 0.360 e. The highest BCUT2D eigenvalue weighted by atomic mass is 16.4. The lowest BCUT2D eigenvalue weighted by atomic mass is 10.00. The van der Waals surface area contributed by atoms with Gasteiger partial charge in [-0.3, -0.25) is 0 Å². The molecule has 1 aromatic heterocycles. The average molecular weight is 293 g/mol. The van der Waals surface area contributed by atoms with Gasteiger partial charge in [0.05, 0.1) is 0 Å². The van der Waals surface area contributed by atoms with E-state index < -0.39 is 0 Å². The molecule has 0 bridgehead atoms. The lowest BCUT2D eigenvalue weighted by Gasteiger charge is -2.13. The van der Waals surface area contributed by atoms with Gasteiger partial charge in [0, 0.05) is 18.4 Å². The number of para-hydroxylation sites is 1. The number of rotatable bonds is 5. The first-order valence-corrected chi connectivity index (χ1v) is 7.62. The normalized spacial score (nSPS) is 10.8. The van der Waals surface area contributed by atoms with E-state index in [2.05, 4.69) is 24.4 Å². The molecule has 2 aromatic carbocycles. The van der Waals surface area contributed by atoms with Crippen molar-refractivity contribution in [3.05, 3.63) is 76.1 Å². The van der Waals surface area contributed by atoms with Crippen LogP contribution < -0.4 is 10.9 Å². The van der Waals surface area contributed by atoms with Crippen molar-refractivity contribution in [3.63, 3.8) is 0 Å². The fraction of sp³-hybridized carbons (Fsp3) is 0.211. The molecule has 22 heavy (non-hydrogen) atoms. The van der Waals surface area contributed by atoms with Crippen LogP contribution in [-0.4, -0.2) is 6.54 Å². The molecule has 0 saturated carbocycles. The number of nitrogens with one attached hydrogen (secondary N) is 1. The van der Waals surface area contributed by atoms with Gasteiger partial charge in [-0.15, -0.1) is 0 Å². The quantitative estimate of drug-likeness (QED) is 0.717. The molecule has 0 unspecified atom stereocenters. The number of anilines is 1. The Morgan fingerprint density at radius 3 is 2.50 bits per heavy atom. The summed E-state index contributed by atoms with van der Waals surface area (Å²) in [6.07, 6.45) is 1.66. The highest BCUT2D eigenvalue weighted by Crippen LogP contribution is 2.25. The fourth-order valence-electron chi connectivity index (χ4n) is 2.63. The molecule has 0 aliphatic heterocycles.